The van der Waals surface area contributed by atoms with Gasteiger partial charge in [-0.1, -0.05) is 42.5 Å². The second kappa shape index (κ2) is 16.5. The molecule has 0 unspecified atom stereocenters. The Morgan fingerprint density at radius 3 is 2.05 bits per heavy atom. The molecular weight excluding hydrogens is 556 g/mol. The van der Waals surface area contributed by atoms with Gasteiger partial charge in [-0.25, -0.2) is 9.59 Å². The number of halogens is 1. The van der Waals surface area contributed by atoms with E-state index in [2.05, 4.69) is 26.7 Å². The molecule has 2 aromatic heterocycles. The zero-order valence-corrected chi connectivity index (χ0v) is 24.9. The van der Waals surface area contributed by atoms with Crippen LogP contribution in [-0.4, -0.2) is 67.1 Å². The number of carbonyl (C=O) groups is 3. The summed E-state index contributed by atoms with van der Waals surface area (Å²) in [6.07, 6.45) is 4.55. The predicted molar refractivity (Wildman–Crippen MR) is 168 cm³/mol. The molecule has 4 N–H and O–H groups in total. The number of H-pyrrole nitrogens is 2. The summed E-state index contributed by atoms with van der Waals surface area (Å²) < 4.78 is 10.1. The van der Waals surface area contributed by atoms with Crippen molar-refractivity contribution < 1.29 is 23.9 Å². The fourth-order valence-corrected chi connectivity index (χ4v) is 4.78. The molecule has 0 bridgehead atoms. The van der Waals surface area contributed by atoms with Gasteiger partial charge < -0.3 is 30.1 Å². The van der Waals surface area contributed by atoms with Crippen LogP contribution >= 0.6 is 12.4 Å². The molecule has 4 aromatic rings. The Labute approximate surface area is 251 Å². The second-order valence-corrected chi connectivity index (χ2v) is 9.60. The maximum absolute atomic E-state index is 12.2. The maximum atomic E-state index is 12.2. The average Bonchev–Trinajstić information content (AvgIpc) is 3.61. The third-order valence-corrected chi connectivity index (χ3v) is 6.76. The number of benzene rings is 2. The van der Waals surface area contributed by atoms with Crippen LogP contribution in [0.25, 0.3) is 27.4 Å². The summed E-state index contributed by atoms with van der Waals surface area (Å²) in [4.78, 5) is 40.2. The second-order valence-electron chi connectivity index (χ2n) is 9.60. The quantitative estimate of drug-likeness (QED) is 0.227. The van der Waals surface area contributed by atoms with Gasteiger partial charge in [0.05, 0.1) is 13.2 Å². The molecule has 4 heterocycles. The van der Waals surface area contributed by atoms with Crippen LogP contribution in [0.1, 0.15) is 59.7 Å². The summed E-state index contributed by atoms with van der Waals surface area (Å²) in [6, 6.07) is 17.5. The summed E-state index contributed by atoms with van der Waals surface area (Å²) >= 11 is 0. The molecule has 0 aliphatic carbocycles. The summed E-state index contributed by atoms with van der Waals surface area (Å²) in [5.74, 6) is -0.180. The number of carbonyl (C=O) groups excluding carboxylic acids is 3. The topological polar surface area (TPSA) is 125 Å². The molecular formula is C32H39ClN4O5. The SMILES string of the molecule is CCOC(=O)c1[nH]c2ccccc2c1C1=CCNCC1.CCOC(=O)c1cc2ccccc2[nH]1.Cl.O=C1CCNCC1. The van der Waals surface area contributed by atoms with Gasteiger partial charge in [0.15, 0.2) is 0 Å². The number of aromatic amines is 2. The standard InChI is InChI=1S/C16H18N2O2.C11H11NO2.C5H9NO.ClH/c1-2-20-16(19)15-14(11-7-9-17-10-8-11)12-5-3-4-6-13(12)18-15;1-2-14-11(13)10-7-8-5-3-4-6-9(8)12-10;7-5-1-3-6-4-2-5;/h3-7,17-18H,2,8-10H2,1H3;3-7,12H,2H2,1H3;6H,1-4H2;1H. The number of fused-ring (bicyclic) bond motifs is 2. The normalized spacial score (nSPS) is 14.4. The first-order chi connectivity index (χ1) is 20.0. The van der Waals surface area contributed by atoms with E-state index in [1.165, 1.54) is 5.57 Å². The number of esters is 2. The highest BCUT2D eigenvalue weighted by Crippen LogP contribution is 2.32. The number of ether oxygens (including phenoxy) is 2. The van der Waals surface area contributed by atoms with Gasteiger partial charge in [-0.05, 0) is 50.6 Å². The Balaban J connectivity index is 0.000000191. The Bertz CT molecular complexity index is 1480. The summed E-state index contributed by atoms with van der Waals surface area (Å²) in [5, 5.41) is 8.50. The lowest BCUT2D eigenvalue weighted by Gasteiger charge is -2.15. The third kappa shape index (κ3) is 8.55. The summed E-state index contributed by atoms with van der Waals surface area (Å²) in [6.45, 7) is 7.95. The first-order valence-corrected chi connectivity index (χ1v) is 14.2. The van der Waals surface area contributed by atoms with Gasteiger partial charge in [0.25, 0.3) is 0 Å². The van der Waals surface area contributed by atoms with E-state index in [-0.39, 0.29) is 24.3 Å². The van der Waals surface area contributed by atoms with E-state index in [1.54, 1.807) is 13.0 Å². The third-order valence-electron chi connectivity index (χ3n) is 6.76. The van der Waals surface area contributed by atoms with Crippen molar-refractivity contribution in [2.24, 2.45) is 0 Å². The number of nitrogens with one attached hydrogen (secondary N) is 4. The Kier molecular flexibility index (Phi) is 12.8. The zero-order chi connectivity index (χ0) is 29.0. The highest BCUT2D eigenvalue weighted by Gasteiger charge is 2.22. The Morgan fingerprint density at radius 2 is 1.43 bits per heavy atom. The zero-order valence-electron chi connectivity index (χ0n) is 24.1. The van der Waals surface area contributed by atoms with Gasteiger partial charge in [0.2, 0.25) is 0 Å². The largest absolute Gasteiger partial charge is 0.461 e. The first kappa shape index (κ1) is 32.6. The highest BCUT2D eigenvalue weighted by molar-refractivity contribution is 6.05. The number of rotatable bonds is 5. The van der Waals surface area contributed by atoms with Gasteiger partial charge in [-0.2, -0.15) is 0 Å². The monoisotopic (exact) mass is 594 g/mol. The van der Waals surface area contributed by atoms with Crippen molar-refractivity contribution >= 4 is 57.5 Å². The molecule has 1 saturated heterocycles. The number of aromatic nitrogens is 2. The number of piperidine rings is 1. The minimum absolute atomic E-state index is 0. The van der Waals surface area contributed by atoms with Crippen molar-refractivity contribution in [3.8, 4) is 0 Å². The molecule has 0 spiro atoms. The lowest BCUT2D eigenvalue weighted by molar-refractivity contribution is -0.119. The molecule has 10 heteroatoms. The highest BCUT2D eigenvalue weighted by atomic mass is 35.5. The van der Waals surface area contributed by atoms with Crippen LogP contribution in [0.2, 0.25) is 0 Å². The van der Waals surface area contributed by atoms with E-state index in [0.29, 0.717) is 30.4 Å². The number of para-hydroxylation sites is 2. The summed E-state index contributed by atoms with van der Waals surface area (Å²) in [5.41, 5.74) is 5.22. The fourth-order valence-electron chi connectivity index (χ4n) is 4.78. The molecule has 0 atom stereocenters. The van der Waals surface area contributed by atoms with Gasteiger partial charge in [-0.3, -0.25) is 4.79 Å². The molecule has 9 nitrogen and oxygen atoms in total. The van der Waals surface area contributed by atoms with Gasteiger partial charge in [0, 0.05) is 59.8 Å². The van der Waals surface area contributed by atoms with Crippen molar-refractivity contribution in [2.75, 3.05) is 39.4 Å². The first-order valence-electron chi connectivity index (χ1n) is 14.2. The van der Waals surface area contributed by atoms with Crippen molar-refractivity contribution in [1.82, 2.24) is 20.6 Å². The van der Waals surface area contributed by atoms with E-state index in [4.69, 9.17) is 9.47 Å². The number of hydrogen-bond acceptors (Lipinski definition) is 7. The van der Waals surface area contributed by atoms with Crippen LogP contribution < -0.4 is 10.6 Å². The number of Topliss-reactive ketones (excluding diaryl/α,β-unsaturated/α-hetero) is 1. The van der Waals surface area contributed by atoms with Crippen molar-refractivity contribution in [2.45, 2.75) is 33.1 Å². The van der Waals surface area contributed by atoms with Gasteiger partial charge in [0.1, 0.15) is 17.2 Å². The smallest absolute Gasteiger partial charge is 0.355 e. The van der Waals surface area contributed by atoms with Crippen molar-refractivity contribution in [3.05, 3.63) is 77.6 Å². The van der Waals surface area contributed by atoms with Crippen molar-refractivity contribution in [3.63, 3.8) is 0 Å². The van der Waals surface area contributed by atoms with Crippen LogP contribution in [0.3, 0.4) is 0 Å². The molecule has 0 radical (unpaired) electrons. The predicted octanol–water partition coefficient (Wildman–Crippen LogP) is 5.43. The Hall–Kier alpha value is -3.92. The minimum atomic E-state index is -0.302. The van der Waals surface area contributed by atoms with Gasteiger partial charge in [-0.15, -0.1) is 12.4 Å². The van der Waals surface area contributed by atoms with Crippen LogP contribution in [0.5, 0.6) is 0 Å². The summed E-state index contributed by atoms with van der Waals surface area (Å²) in [7, 11) is 0. The van der Waals surface area contributed by atoms with E-state index >= 15 is 0 Å². The molecule has 224 valence electrons. The molecule has 0 amide bonds. The fraction of sp³-hybridized carbons (Fsp3) is 0.344. The van der Waals surface area contributed by atoms with Crippen LogP contribution in [0.4, 0.5) is 0 Å². The molecule has 0 saturated carbocycles. The molecule has 42 heavy (non-hydrogen) atoms. The van der Waals surface area contributed by atoms with E-state index in [9.17, 15) is 14.4 Å². The molecule has 2 aliphatic heterocycles. The Morgan fingerprint density at radius 1 is 0.786 bits per heavy atom. The van der Waals surface area contributed by atoms with Crippen LogP contribution in [0, 0.1) is 0 Å². The van der Waals surface area contributed by atoms with Crippen LogP contribution in [0.15, 0.2) is 60.7 Å². The van der Waals surface area contributed by atoms with Crippen LogP contribution in [-0.2, 0) is 14.3 Å². The lowest BCUT2D eigenvalue weighted by Crippen LogP contribution is -2.27. The average molecular weight is 595 g/mol. The molecule has 2 aromatic carbocycles. The van der Waals surface area contributed by atoms with E-state index in [1.807, 2.05) is 55.5 Å². The molecule has 1 fully saturated rings. The number of hydrogen-bond donors (Lipinski definition) is 4. The minimum Gasteiger partial charge on any atom is -0.461 e. The van der Waals surface area contributed by atoms with Crippen molar-refractivity contribution in [1.29, 1.82) is 0 Å². The molecule has 6 rings (SSSR count). The van der Waals surface area contributed by atoms with E-state index < -0.39 is 0 Å². The molecule has 2 aliphatic rings. The maximum Gasteiger partial charge on any atom is 0.355 e. The number of ketones is 1. The van der Waals surface area contributed by atoms with Gasteiger partial charge >= 0.3 is 11.9 Å². The lowest BCUT2D eigenvalue weighted by atomic mass is 9.97. The van der Waals surface area contributed by atoms with E-state index in [0.717, 1.165) is 72.8 Å².